The highest BCUT2D eigenvalue weighted by molar-refractivity contribution is 6.30. The van der Waals surface area contributed by atoms with Crippen molar-refractivity contribution in [3.63, 3.8) is 0 Å². The number of fused-ring (bicyclic) bond motifs is 3. The molecule has 0 fully saturated rings. The van der Waals surface area contributed by atoms with Gasteiger partial charge in [0.15, 0.2) is 11.6 Å². The molecule has 1 atom stereocenters. The first kappa shape index (κ1) is 15.6. The summed E-state index contributed by atoms with van der Waals surface area (Å²) in [7, 11) is 0. The van der Waals surface area contributed by atoms with Crippen molar-refractivity contribution in [3.05, 3.63) is 69.3 Å². The molecule has 0 heterocycles. The Morgan fingerprint density at radius 1 is 0.920 bits per heavy atom. The van der Waals surface area contributed by atoms with Crippen LogP contribution in [-0.2, 0) is 12.8 Å². The number of allylic oxidation sites excluding steroid dienone is 1. The van der Waals surface area contributed by atoms with E-state index in [1.165, 1.54) is 6.07 Å². The van der Waals surface area contributed by atoms with Gasteiger partial charge in [-0.1, -0.05) is 30.3 Å². The molecule has 2 aliphatic carbocycles. The highest BCUT2D eigenvalue weighted by atomic mass is 16.3. The number of rotatable bonds is 1. The van der Waals surface area contributed by atoms with Gasteiger partial charge < -0.3 is 15.3 Å². The van der Waals surface area contributed by atoms with E-state index >= 15 is 0 Å². The van der Waals surface area contributed by atoms with Gasteiger partial charge >= 0.3 is 0 Å². The second-order valence-electron chi connectivity index (χ2n) is 6.44. The van der Waals surface area contributed by atoms with Gasteiger partial charge in [-0.15, -0.1) is 0 Å². The third kappa shape index (κ3) is 2.06. The summed E-state index contributed by atoms with van der Waals surface area (Å²) in [4.78, 5) is 25.6. The fourth-order valence-electron chi connectivity index (χ4n) is 3.65. The van der Waals surface area contributed by atoms with E-state index in [2.05, 4.69) is 0 Å². The quantitative estimate of drug-likeness (QED) is 0.468. The predicted molar refractivity (Wildman–Crippen MR) is 90.3 cm³/mol. The van der Waals surface area contributed by atoms with Crippen LogP contribution in [0.1, 0.15) is 49.9 Å². The van der Waals surface area contributed by atoms with E-state index in [4.69, 9.17) is 0 Å². The number of phenols is 2. The van der Waals surface area contributed by atoms with Crippen LogP contribution in [0.2, 0.25) is 0 Å². The van der Waals surface area contributed by atoms with E-state index in [-0.39, 0.29) is 46.6 Å². The first-order chi connectivity index (χ1) is 11.9. The fraction of sp³-hybridized carbons (Fsp3) is 0.200. The monoisotopic (exact) mass is 336 g/mol. The minimum Gasteiger partial charge on any atom is -0.507 e. The highest BCUT2D eigenvalue weighted by Gasteiger charge is 2.38. The van der Waals surface area contributed by atoms with Crippen LogP contribution in [0.25, 0.3) is 0 Å². The molecular weight excluding hydrogens is 320 g/mol. The molecule has 2 aromatic carbocycles. The van der Waals surface area contributed by atoms with Gasteiger partial charge in [0.1, 0.15) is 11.5 Å². The summed E-state index contributed by atoms with van der Waals surface area (Å²) in [5.41, 5.74) is 1.71. The molecule has 0 radical (unpaired) electrons. The van der Waals surface area contributed by atoms with Gasteiger partial charge in [-0.3, -0.25) is 9.59 Å². The number of aliphatic hydroxyl groups excluding tert-OH is 1. The normalized spacial score (nSPS) is 16.6. The predicted octanol–water partition coefficient (Wildman–Crippen LogP) is 2.28. The topological polar surface area (TPSA) is 94.8 Å². The zero-order valence-electron chi connectivity index (χ0n) is 13.5. The first-order valence-corrected chi connectivity index (χ1v) is 8.06. The van der Waals surface area contributed by atoms with E-state index < -0.39 is 17.7 Å². The molecule has 0 aromatic heterocycles. The summed E-state index contributed by atoms with van der Waals surface area (Å²) in [6.07, 6.45) is 1.60. The van der Waals surface area contributed by atoms with Gasteiger partial charge in [-0.25, -0.2) is 0 Å². The molecule has 0 spiro atoms. The largest absolute Gasteiger partial charge is 0.507 e. The molecule has 4 rings (SSSR count). The maximum atomic E-state index is 12.8. The summed E-state index contributed by atoms with van der Waals surface area (Å²) < 4.78 is 0. The van der Waals surface area contributed by atoms with Crippen molar-refractivity contribution in [2.24, 2.45) is 0 Å². The van der Waals surface area contributed by atoms with Crippen molar-refractivity contribution < 1.29 is 24.9 Å². The van der Waals surface area contributed by atoms with Gasteiger partial charge in [-0.2, -0.15) is 0 Å². The Bertz CT molecular complexity index is 982. The SMILES string of the molecule is C[C@@H](O)C1=CCc2c(O)c3c(c(O)c2C1)C(=O)c1ccccc1C3=O. The van der Waals surface area contributed by atoms with Crippen molar-refractivity contribution >= 4 is 11.6 Å². The van der Waals surface area contributed by atoms with Crippen LogP contribution in [0.5, 0.6) is 11.5 Å². The Morgan fingerprint density at radius 3 is 1.96 bits per heavy atom. The van der Waals surface area contributed by atoms with Crippen molar-refractivity contribution in [3.8, 4) is 11.5 Å². The highest BCUT2D eigenvalue weighted by Crippen LogP contribution is 2.45. The standard InChI is InChI=1S/C20H16O5/c1-9(21)10-6-7-13-14(8-10)20(25)16-15(19(13)24)17(22)11-4-2-3-5-12(11)18(16)23/h2-6,9,21,24-25H,7-8H2,1H3/t9-/m1/s1. The molecule has 0 saturated heterocycles. The van der Waals surface area contributed by atoms with Crippen LogP contribution in [0, 0.1) is 0 Å². The maximum absolute atomic E-state index is 12.8. The Balaban J connectivity index is 1.99. The van der Waals surface area contributed by atoms with Crippen LogP contribution in [0.15, 0.2) is 35.9 Å². The number of hydrogen-bond acceptors (Lipinski definition) is 5. The van der Waals surface area contributed by atoms with Gasteiger partial charge in [-0.05, 0) is 25.3 Å². The summed E-state index contributed by atoms with van der Waals surface area (Å²) in [6.45, 7) is 1.62. The van der Waals surface area contributed by atoms with E-state index in [9.17, 15) is 24.9 Å². The minimum atomic E-state index is -0.691. The summed E-state index contributed by atoms with van der Waals surface area (Å²) in [5.74, 6) is -1.47. The lowest BCUT2D eigenvalue weighted by Gasteiger charge is -2.26. The average Bonchev–Trinajstić information content (AvgIpc) is 2.62. The molecule has 3 N–H and O–H groups in total. The molecule has 5 heteroatoms. The average molecular weight is 336 g/mol. The summed E-state index contributed by atoms with van der Waals surface area (Å²) in [6, 6.07) is 6.38. The molecule has 25 heavy (non-hydrogen) atoms. The van der Waals surface area contributed by atoms with E-state index in [0.29, 0.717) is 16.7 Å². The number of hydrogen-bond donors (Lipinski definition) is 3. The smallest absolute Gasteiger partial charge is 0.198 e. The molecule has 0 amide bonds. The second-order valence-corrected chi connectivity index (χ2v) is 6.44. The van der Waals surface area contributed by atoms with Crippen molar-refractivity contribution in [1.82, 2.24) is 0 Å². The van der Waals surface area contributed by atoms with Crippen molar-refractivity contribution in [2.75, 3.05) is 0 Å². The lowest BCUT2D eigenvalue weighted by Crippen LogP contribution is -2.23. The van der Waals surface area contributed by atoms with Gasteiger partial charge in [0.2, 0.25) is 0 Å². The summed E-state index contributed by atoms with van der Waals surface area (Å²) >= 11 is 0. The molecule has 2 aromatic rings. The number of ketones is 2. The number of benzene rings is 2. The Morgan fingerprint density at radius 2 is 1.44 bits per heavy atom. The second kappa shape index (κ2) is 5.29. The van der Waals surface area contributed by atoms with E-state index in [1.54, 1.807) is 31.2 Å². The number of aromatic hydroxyl groups is 2. The molecular formula is C20H16O5. The molecule has 0 aliphatic heterocycles. The zero-order chi connectivity index (χ0) is 17.9. The van der Waals surface area contributed by atoms with Crippen LogP contribution >= 0.6 is 0 Å². The van der Waals surface area contributed by atoms with Crippen molar-refractivity contribution in [2.45, 2.75) is 25.9 Å². The molecule has 0 saturated carbocycles. The molecule has 0 unspecified atom stereocenters. The molecule has 5 nitrogen and oxygen atoms in total. The molecule has 2 aliphatic rings. The van der Waals surface area contributed by atoms with Crippen molar-refractivity contribution in [1.29, 1.82) is 0 Å². The number of phenolic OH excluding ortho intramolecular Hbond substituents is 2. The minimum absolute atomic E-state index is 0.131. The third-order valence-corrected chi connectivity index (χ3v) is 5.02. The molecule has 0 bridgehead atoms. The van der Waals surface area contributed by atoms with Gasteiger partial charge in [0, 0.05) is 22.3 Å². The Kier molecular flexibility index (Phi) is 3.30. The number of carbonyl (C=O) groups excluding carboxylic acids is 2. The zero-order valence-corrected chi connectivity index (χ0v) is 13.5. The van der Waals surface area contributed by atoms with E-state index in [1.807, 2.05) is 0 Å². The first-order valence-electron chi connectivity index (χ1n) is 8.06. The summed E-state index contributed by atoms with van der Waals surface area (Å²) in [5, 5.41) is 31.2. The lowest BCUT2D eigenvalue weighted by atomic mass is 9.77. The molecule has 126 valence electrons. The van der Waals surface area contributed by atoms with Crippen LogP contribution in [-0.4, -0.2) is 33.0 Å². The van der Waals surface area contributed by atoms with Crippen LogP contribution in [0.4, 0.5) is 0 Å². The maximum Gasteiger partial charge on any atom is 0.198 e. The Labute approximate surface area is 143 Å². The van der Waals surface area contributed by atoms with Gasteiger partial charge in [0.05, 0.1) is 17.2 Å². The van der Waals surface area contributed by atoms with Gasteiger partial charge in [0.25, 0.3) is 0 Å². The number of carbonyl (C=O) groups is 2. The van der Waals surface area contributed by atoms with E-state index in [0.717, 1.165) is 0 Å². The third-order valence-electron chi connectivity index (χ3n) is 5.02. The van der Waals surface area contributed by atoms with Crippen LogP contribution in [0.3, 0.4) is 0 Å². The fourth-order valence-corrected chi connectivity index (χ4v) is 3.65. The van der Waals surface area contributed by atoms with Crippen LogP contribution < -0.4 is 0 Å². The lowest BCUT2D eigenvalue weighted by molar-refractivity contribution is 0.0973. The number of aliphatic hydroxyl groups is 1. The Hall–Kier alpha value is -2.92.